The van der Waals surface area contributed by atoms with Crippen molar-refractivity contribution in [2.45, 2.75) is 39.4 Å². The zero-order chi connectivity index (χ0) is 9.40. The Morgan fingerprint density at radius 2 is 1.83 bits per heavy atom. The third-order valence-electron chi connectivity index (χ3n) is 1.68. The van der Waals surface area contributed by atoms with Crippen molar-refractivity contribution in [1.82, 2.24) is 0 Å². The molecule has 0 bridgehead atoms. The summed E-state index contributed by atoms with van der Waals surface area (Å²) in [7, 11) is 0. The molecule has 0 aliphatic rings. The predicted molar refractivity (Wildman–Crippen MR) is 48.2 cm³/mol. The van der Waals surface area contributed by atoms with Gasteiger partial charge in [0.05, 0.1) is 32.0 Å². The minimum Gasteiger partial charge on any atom is -0.394 e. The van der Waals surface area contributed by atoms with Gasteiger partial charge in [0.1, 0.15) is 0 Å². The van der Waals surface area contributed by atoms with Crippen molar-refractivity contribution in [1.29, 1.82) is 0 Å². The molecule has 0 aromatic carbocycles. The molecule has 2 atom stereocenters. The normalized spacial score (nSPS) is 16.0. The van der Waals surface area contributed by atoms with E-state index in [0.717, 1.165) is 6.42 Å². The van der Waals surface area contributed by atoms with E-state index in [0.29, 0.717) is 19.3 Å². The minimum atomic E-state index is 0.0751. The quantitative estimate of drug-likeness (QED) is 0.633. The molecule has 0 aromatic rings. The molecule has 2 unspecified atom stereocenters. The van der Waals surface area contributed by atoms with Crippen LogP contribution in [-0.2, 0) is 9.47 Å². The summed E-state index contributed by atoms with van der Waals surface area (Å²) in [5.74, 6) is 0. The molecule has 1 N–H and O–H groups in total. The molecule has 0 saturated heterocycles. The average molecular weight is 176 g/mol. The molecule has 0 aliphatic heterocycles. The SMILES string of the molecule is CCC(C)OCC(C)OCCO. The Morgan fingerprint density at radius 3 is 2.33 bits per heavy atom. The first-order chi connectivity index (χ1) is 5.70. The van der Waals surface area contributed by atoms with Crippen LogP contribution in [-0.4, -0.2) is 37.1 Å². The summed E-state index contributed by atoms with van der Waals surface area (Å²) < 4.78 is 10.7. The van der Waals surface area contributed by atoms with Gasteiger partial charge in [0.15, 0.2) is 0 Å². The fraction of sp³-hybridized carbons (Fsp3) is 1.00. The highest BCUT2D eigenvalue weighted by atomic mass is 16.5. The van der Waals surface area contributed by atoms with Crippen LogP contribution in [0.2, 0.25) is 0 Å². The van der Waals surface area contributed by atoms with E-state index in [1.807, 2.05) is 13.8 Å². The number of aliphatic hydroxyl groups is 1. The number of ether oxygens (including phenoxy) is 2. The van der Waals surface area contributed by atoms with Gasteiger partial charge in [-0.2, -0.15) is 0 Å². The third kappa shape index (κ3) is 6.58. The Bertz CT molecular complexity index is 95.8. The fourth-order valence-corrected chi connectivity index (χ4v) is 0.720. The van der Waals surface area contributed by atoms with Crippen LogP contribution in [0.5, 0.6) is 0 Å². The lowest BCUT2D eigenvalue weighted by Crippen LogP contribution is -2.21. The van der Waals surface area contributed by atoms with Crippen LogP contribution in [0.1, 0.15) is 27.2 Å². The Hall–Kier alpha value is -0.120. The summed E-state index contributed by atoms with van der Waals surface area (Å²) in [6.45, 7) is 7.15. The molecule has 3 heteroatoms. The number of hydrogen-bond donors (Lipinski definition) is 1. The molecule has 12 heavy (non-hydrogen) atoms. The molecule has 0 heterocycles. The minimum absolute atomic E-state index is 0.0751. The maximum Gasteiger partial charge on any atom is 0.0781 e. The van der Waals surface area contributed by atoms with Crippen LogP contribution in [0.4, 0.5) is 0 Å². The van der Waals surface area contributed by atoms with E-state index >= 15 is 0 Å². The number of hydrogen-bond acceptors (Lipinski definition) is 3. The standard InChI is InChI=1S/C9H20O3/c1-4-8(2)12-7-9(3)11-6-5-10/h8-10H,4-7H2,1-3H3. The lowest BCUT2D eigenvalue weighted by Gasteiger charge is -2.15. The van der Waals surface area contributed by atoms with Crippen molar-refractivity contribution >= 4 is 0 Å². The maximum atomic E-state index is 8.47. The van der Waals surface area contributed by atoms with Crippen LogP contribution in [0.25, 0.3) is 0 Å². The predicted octanol–water partition coefficient (Wildman–Crippen LogP) is 1.20. The summed E-state index contributed by atoms with van der Waals surface area (Å²) >= 11 is 0. The second-order valence-electron chi connectivity index (χ2n) is 2.96. The Balaban J connectivity index is 3.24. The van der Waals surface area contributed by atoms with Crippen LogP contribution < -0.4 is 0 Å². The van der Waals surface area contributed by atoms with Gasteiger partial charge in [-0.1, -0.05) is 6.92 Å². The highest BCUT2D eigenvalue weighted by molar-refractivity contribution is 4.50. The van der Waals surface area contributed by atoms with Gasteiger partial charge < -0.3 is 14.6 Å². The van der Waals surface area contributed by atoms with Crippen molar-refractivity contribution in [3.63, 3.8) is 0 Å². The molecular formula is C9H20O3. The van der Waals surface area contributed by atoms with Gasteiger partial charge in [-0.05, 0) is 20.3 Å². The highest BCUT2D eigenvalue weighted by Gasteiger charge is 2.04. The van der Waals surface area contributed by atoms with Gasteiger partial charge in [-0.15, -0.1) is 0 Å². The molecule has 0 fully saturated rings. The van der Waals surface area contributed by atoms with Crippen molar-refractivity contribution in [3.05, 3.63) is 0 Å². The Morgan fingerprint density at radius 1 is 1.17 bits per heavy atom. The van der Waals surface area contributed by atoms with E-state index < -0.39 is 0 Å². The second-order valence-corrected chi connectivity index (χ2v) is 2.96. The molecule has 0 radical (unpaired) electrons. The molecule has 0 rings (SSSR count). The van der Waals surface area contributed by atoms with E-state index in [1.54, 1.807) is 0 Å². The van der Waals surface area contributed by atoms with Gasteiger partial charge in [0, 0.05) is 0 Å². The second kappa shape index (κ2) is 7.53. The fourth-order valence-electron chi connectivity index (χ4n) is 0.720. The maximum absolute atomic E-state index is 8.47. The topological polar surface area (TPSA) is 38.7 Å². The lowest BCUT2D eigenvalue weighted by molar-refractivity contribution is -0.0399. The van der Waals surface area contributed by atoms with Crippen molar-refractivity contribution in [2.75, 3.05) is 19.8 Å². The molecule has 0 aromatic heterocycles. The highest BCUT2D eigenvalue weighted by Crippen LogP contribution is 1.99. The van der Waals surface area contributed by atoms with E-state index in [2.05, 4.69) is 6.92 Å². The summed E-state index contributed by atoms with van der Waals surface area (Å²) in [6.07, 6.45) is 1.39. The van der Waals surface area contributed by atoms with Crippen LogP contribution >= 0.6 is 0 Å². The molecular weight excluding hydrogens is 156 g/mol. The summed E-state index contributed by atoms with van der Waals surface area (Å²) in [6, 6.07) is 0. The van der Waals surface area contributed by atoms with E-state index in [4.69, 9.17) is 14.6 Å². The van der Waals surface area contributed by atoms with Gasteiger partial charge in [-0.25, -0.2) is 0 Å². The zero-order valence-corrected chi connectivity index (χ0v) is 8.25. The first-order valence-corrected chi connectivity index (χ1v) is 4.54. The van der Waals surface area contributed by atoms with Crippen molar-refractivity contribution in [3.8, 4) is 0 Å². The molecule has 0 saturated carbocycles. The third-order valence-corrected chi connectivity index (χ3v) is 1.68. The van der Waals surface area contributed by atoms with E-state index in [-0.39, 0.29) is 12.7 Å². The summed E-state index contributed by atoms with van der Waals surface area (Å²) in [5.41, 5.74) is 0. The molecule has 3 nitrogen and oxygen atoms in total. The van der Waals surface area contributed by atoms with Gasteiger partial charge >= 0.3 is 0 Å². The average Bonchev–Trinajstić information content (AvgIpc) is 2.10. The number of rotatable bonds is 7. The van der Waals surface area contributed by atoms with Gasteiger partial charge in [0.25, 0.3) is 0 Å². The smallest absolute Gasteiger partial charge is 0.0781 e. The number of aliphatic hydroxyl groups excluding tert-OH is 1. The molecule has 0 spiro atoms. The molecule has 74 valence electrons. The Kier molecular flexibility index (Phi) is 7.45. The van der Waals surface area contributed by atoms with Gasteiger partial charge in [0.2, 0.25) is 0 Å². The van der Waals surface area contributed by atoms with Crippen LogP contribution in [0, 0.1) is 0 Å². The molecule has 0 amide bonds. The van der Waals surface area contributed by atoms with Gasteiger partial charge in [-0.3, -0.25) is 0 Å². The van der Waals surface area contributed by atoms with Crippen LogP contribution in [0.3, 0.4) is 0 Å². The van der Waals surface area contributed by atoms with Crippen molar-refractivity contribution < 1.29 is 14.6 Å². The van der Waals surface area contributed by atoms with Crippen molar-refractivity contribution in [2.24, 2.45) is 0 Å². The molecule has 0 aliphatic carbocycles. The largest absolute Gasteiger partial charge is 0.394 e. The van der Waals surface area contributed by atoms with E-state index in [1.165, 1.54) is 0 Å². The first-order valence-electron chi connectivity index (χ1n) is 4.54. The van der Waals surface area contributed by atoms with Crippen LogP contribution in [0.15, 0.2) is 0 Å². The summed E-state index contributed by atoms with van der Waals surface area (Å²) in [5, 5.41) is 8.47. The monoisotopic (exact) mass is 176 g/mol. The zero-order valence-electron chi connectivity index (χ0n) is 8.25. The van der Waals surface area contributed by atoms with E-state index in [9.17, 15) is 0 Å². The first kappa shape index (κ1) is 11.9. The lowest BCUT2D eigenvalue weighted by atomic mass is 10.3. The Labute approximate surface area is 74.7 Å². The summed E-state index contributed by atoms with van der Waals surface area (Å²) in [4.78, 5) is 0.